The monoisotopic (exact) mass is 391 g/mol. The van der Waals surface area contributed by atoms with Crippen molar-refractivity contribution in [2.45, 2.75) is 13.0 Å². The van der Waals surface area contributed by atoms with Gasteiger partial charge < -0.3 is 10.1 Å². The third-order valence-electron chi connectivity index (χ3n) is 3.08. The number of ether oxygens (including phenoxy) is 1. The van der Waals surface area contributed by atoms with E-state index in [1.165, 1.54) is 37.3 Å². The van der Waals surface area contributed by atoms with Gasteiger partial charge in [0.25, 0.3) is 5.91 Å². The van der Waals surface area contributed by atoms with E-state index in [9.17, 15) is 14.0 Å². The average Bonchev–Trinajstić information content (AvgIpc) is 2.56. The molecule has 124 valence electrons. The molecule has 1 amide bonds. The van der Waals surface area contributed by atoms with Crippen molar-refractivity contribution in [3.8, 4) is 0 Å². The summed E-state index contributed by atoms with van der Waals surface area (Å²) < 4.78 is 18.7. The first kappa shape index (κ1) is 17.9. The molecule has 0 unspecified atom stereocenters. The molecule has 2 rings (SSSR count). The van der Waals surface area contributed by atoms with Crippen LogP contribution in [0.4, 0.5) is 10.1 Å². The molecule has 0 aromatic heterocycles. The summed E-state index contributed by atoms with van der Waals surface area (Å²) >= 11 is 3.37. The Bertz CT molecular complexity index is 759. The molecule has 24 heavy (non-hydrogen) atoms. The molecule has 0 saturated carbocycles. The molecule has 4 nitrogen and oxygen atoms in total. The van der Waals surface area contributed by atoms with Crippen LogP contribution in [0.5, 0.6) is 0 Å². The molecule has 0 bridgehead atoms. The fraction of sp³-hybridized carbons (Fsp3) is 0.111. The lowest BCUT2D eigenvalue weighted by atomic mass is 10.2. The Morgan fingerprint density at radius 2 is 1.83 bits per heavy atom. The second-order valence-electron chi connectivity index (χ2n) is 4.93. The number of rotatable bonds is 5. The quantitative estimate of drug-likeness (QED) is 0.614. The predicted octanol–water partition coefficient (Wildman–Crippen LogP) is 4.17. The van der Waals surface area contributed by atoms with Gasteiger partial charge in [-0.15, -0.1) is 0 Å². The number of hydrogen-bond donors (Lipinski definition) is 1. The summed E-state index contributed by atoms with van der Waals surface area (Å²) in [4.78, 5) is 23.7. The molecule has 0 aliphatic carbocycles. The minimum atomic E-state index is -0.980. The van der Waals surface area contributed by atoms with Crippen LogP contribution in [0.3, 0.4) is 0 Å². The highest BCUT2D eigenvalue weighted by Crippen LogP contribution is 2.17. The number of halogens is 2. The molecule has 2 aromatic carbocycles. The molecule has 6 heteroatoms. The van der Waals surface area contributed by atoms with E-state index in [4.69, 9.17) is 4.74 Å². The Hall–Kier alpha value is -2.47. The van der Waals surface area contributed by atoms with Crippen molar-refractivity contribution in [2.75, 3.05) is 5.32 Å². The zero-order valence-corrected chi connectivity index (χ0v) is 14.4. The van der Waals surface area contributed by atoms with Crippen LogP contribution in [-0.2, 0) is 14.3 Å². The smallest absolute Gasteiger partial charge is 0.331 e. The van der Waals surface area contributed by atoms with Crippen LogP contribution in [0.15, 0.2) is 59.1 Å². The normalized spacial score (nSPS) is 12.0. The molecule has 0 radical (unpaired) electrons. The van der Waals surface area contributed by atoms with Crippen molar-refractivity contribution in [3.63, 3.8) is 0 Å². The maximum absolute atomic E-state index is 12.8. The average molecular weight is 392 g/mol. The number of benzene rings is 2. The topological polar surface area (TPSA) is 55.4 Å². The first-order chi connectivity index (χ1) is 11.5. The van der Waals surface area contributed by atoms with Gasteiger partial charge in [0, 0.05) is 16.2 Å². The van der Waals surface area contributed by atoms with Crippen LogP contribution in [0.25, 0.3) is 6.08 Å². The Morgan fingerprint density at radius 1 is 1.17 bits per heavy atom. The molecule has 0 aliphatic rings. The Labute approximate surface area is 147 Å². The first-order valence-corrected chi connectivity index (χ1v) is 7.94. The van der Waals surface area contributed by atoms with E-state index < -0.39 is 23.8 Å². The highest BCUT2D eigenvalue weighted by atomic mass is 79.9. The van der Waals surface area contributed by atoms with Crippen LogP contribution >= 0.6 is 15.9 Å². The predicted molar refractivity (Wildman–Crippen MR) is 93.8 cm³/mol. The van der Waals surface area contributed by atoms with E-state index in [-0.39, 0.29) is 0 Å². The van der Waals surface area contributed by atoms with Crippen molar-refractivity contribution in [1.82, 2.24) is 0 Å². The van der Waals surface area contributed by atoms with Gasteiger partial charge in [-0.2, -0.15) is 0 Å². The van der Waals surface area contributed by atoms with Crippen molar-refractivity contribution >= 4 is 39.6 Å². The maximum Gasteiger partial charge on any atom is 0.331 e. The SMILES string of the molecule is C[C@@H](OC(=O)/C=C/c1ccccc1Br)C(=O)Nc1ccc(F)cc1. The standard InChI is InChI=1S/C18H15BrFNO3/c1-12(18(23)21-15-9-7-14(20)8-10-15)24-17(22)11-6-13-4-2-3-5-16(13)19/h2-12H,1H3,(H,21,23)/b11-6+/t12-/m1/s1. The summed E-state index contributed by atoms with van der Waals surface area (Å²) in [5.74, 6) is -1.53. The van der Waals surface area contributed by atoms with Gasteiger partial charge in [0.15, 0.2) is 6.10 Å². The fourth-order valence-electron chi connectivity index (χ4n) is 1.81. The molecule has 1 atom stereocenters. The molecular weight excluding hydrogens is 377 g/mol. The number of esters is 1. The van der Waals surface area contributed by atoms with Gasteiger partial charge in [-0.05, 0) is 48.9 Å². The first-order valence-electron chi connectivity index (χ1n) is 7.15. The van der Waals surface area contributed by atoms with Crippen LogP contribution in [0, 0.1) is 5.82 Å². The lowest BCUT2D eigenvalue weighted by molar-refractivity contribution is -0.148. The number of amides is 1. The van der Waals surface area contributed by atoms with Gasteiger partial charge in [-0.1, -0.05) is 34.1 Å². The van der Waals surface area contributed by atoms with Gasteiger partial charge in [-0.3, -0.25) is 4.79 Å². The summed E-state index contributed by atoms with van der Waals surface area (Å²) in [6, 6.07) is 12.7. The van der Waals surface area contributed by atoms with Crippen molar-refractivity contribution in [1.29, 1.82) is 0 Å². The van der Waals surface area contributed by atoms with Crippen LogP contribution in [-0.4, -0.2) is 18.0 Å². The zero-order valence-electron chi connectivity index (χ0n) is 12.8. The third-order valence-corrected chi connectivity index (χ3v) is 3.80. The lowest BCUT2D eigenvalue weighted by Crippen LogP contribution is -2.29. The van der Waals surface area contributed by atoms with E-state index in [0.717, 1.165) is 10.0 Å². The van der Waals surface area contributed by atoms with Gasteiger partial charge in [0.2, 0.25) is 0 Å². The van der Waals surface area contributed by atoms with Crippen molar-refractivity contribution in [3.05, 3.63) is 70.5 Å². The lowest BCUT2D eigenvalue weighted by Gasteiger charge is -2.12. The summed E-state index contributed by atoms with van der Waals surface area (Å²) in [5, 5.41) is 2.54. The van der Waals surface area contributed by atoms with Gasteiger partial charge in [0.05, 0.1) is 0 Å². The summed E-state index contributed by atoms with van der Waals surface area (Å²) in [7, 11) is 0. The van der Waals surface area contributed by atoms with Crippen molar-refractivity contribution < 1.29 is 18.7 Å². The Kier molecular flexibility index (Phi) is 6.26. The number of carbonyl (C=O) groups excluding carboxylic acids is 2. The van der Waals surface area contributed by atoms with Gasteiger partial charge in [-0.25, -0.2) is 9.18 Å². The fourth-order valence-corrected chi connectivity index (χ4v) is 2.23. The minimum Gasteiger partial charge on any atom is -0.449 e. The Morgan fingerprint density at radius 3 is 2.50 bits per heavy atom. The number of carbonyl (C=O) groups is 2. The van der Waals surface area contributed by atoms with Crippen LogP contribution in [0.2, 0.25) is 0 Å². The molecule has 1 N–H and O–H groups in total. The second kappa shape index (κ2) is 8.40. The van der Waals surface area contributed by atoms with Crippen molar-refractivity contribution in [2.24, 2.45) is 0 Å². The molecule has 0 spiro atoms. The summed E-state index contributed by atoms with van der Waals surface area (Å²) in [6.07, 6.45) is 1.87. The maximum atomic E-state index is 12.8. The molecule has 0 aliphatic heterocycles. The largest absolute Gasteiger partial charge is 0.449 e. The summed E-state index contributed by atoms with van der Waals surface area (Å²) in [6.45, 7) is 1.46. The van der Waals surface area contributed by atoms with Crippen LogP contribution in [0.1, 0.15) is 12.5 Å². The second-order valence-corrected chi connectivity index (χ2v) is 5.78. The highest BCUT2D eigenvalue weighted by molar-refractivity contribution is 9.10. The molecular formula is C18H15BrFNO3. The Balaban J connectivity index is 1.90. The molecule has 0 fully saturated rings. The number of hydrogen-bond acceptors (Lipinski definition) is 3. The van der Waals surface area contributed by atoms with E-state index in [1.807, 2.05) is 24.3 Å². The van der Waals surface area contributed by atoms with Gasteiger partial charge in [0.1, 0.15) is 5.82 Å². The van der Waals surface area contributed by atoms with Gasteiger partial charge >= 0.3 is 5.97 Å². The molecule has 2 aromatic rings. The molecule has 0 heterocycles. The summed E-state index contributed by atoms with van der Waals surface area (Å²) in [5.41, 5.74) is 1.24. The van der Waals surface area contributed by atoms with E-state index in [0.29, 0.717) is 5.69 Å². The number of nitrogens with one attached hydrogen (secondary N) is 1. The van der Waals surface area contributed by atoms with E-state index >= 15 is 0 Å². The number of anilines is 1. The van der Waals surface area contributed by atoms with E-state index in [2.05, 4.69) is 21.2 Å². The highest BCUT2D eigenvalue weighted by Gasteiger charge is 2.16. The molecule has 0 saturated heterocycles. The van der Waals surface area contributed by atoms with Crippen LogP contribution < -0.4 is 5.32 Å². The van der Waals surface area contributed by atoms with E-state index in [1.54, 1.807) is 6.08 Å². The third kappa shape index (κ3) is 5.31. The minimum absolute atomic E-state index is 0.398. The zero-order chi connectivity index (χ0) is 17.5.